The van der Waals surface area contributed by atoms with Crippen LogP contribution in [0.3, 0.4) is 0 Å². The lowest BCUT2D eigenvalue weighted by molar-refractivity contribution is -0.140. The summed E-state index contributed by atoms with van der Waals surface area (Å²) < 4.78 is 0. The van der Waals surface area contributed by atoms with Gasteiger partial charge in [-0.25, -0.2) is 0 Å². The Balaban J connectivity index is 1.65. The fourth-order valence-corrected chi connectivity index (χ4v) is 5.17. The van der Waals surface area contributed by atoms with Crippen molar-refractivity contribution in [2.24, 2.45) is 0 Å². The van der Waals surface area contributed by atoms with E-state index in [0.29, 0.717) is 30.9 Å². The maximum atomic E-state index is 13.7. The maximum Gasteiger partial charge on any atom is 0.278 e. The van der Waals surface area contributed by atoms with Gasteiger partial charge in [-0.15, -0.1) is 0 Å². The lowest BCUT2D eigenvalue weighted by Crippen LogP contribution is -2.49. The molecule has 1 N–H and O–H groups in total. The van der Waals surface area contributed by atoms with Crippen molar-refractivity contribution < 1.29 is 14.7 Å². The van der Waals surface area contributed by atoms with Crippen molar-refractivity contribution in [1.29, 1.82) is 0 Å². The fraction of sp³-hybridized carbons (Fsp3) is 0.600. The number of aliphatic hydroxyl groups excluding tert-OH is 1. The summed E-state index contributed by atoms with van der Waals surface area (Å²) in [6, 6.07) is 7.97. The van der Waals surface area contributed by atoms with E-state index in [0.717, 1.165) is 49.9 Å². The Bertz CT molecular complexity index is 817. The van der Waals surface area contributed by atoms with E-state index in [4.69, 9.17) is 0 Å². The van der Waals surface area contributed by atoms with Crippen molar-refractivity contribution in [2.75, 3.05) is 39.3 Å². The molecule has 0 spiro atoms. The van der Waals surface area contributed by atoms with Crippen LogP contribution in [0.15, 0.2) is 30.0 Å². The quantitative estimate of drug-likeness (QED) is 0.735. The molecule has 6 nitrogen and oxygen atoms in total. The van der Waals surface area contributed by atoms with Crippen LogP contribution >= 0.6 is 0 Å². The van der Waals surface area contributed by atoms with E-state index in [1.54, 1.807) is 4.90 Å². The molecule has 1 aliphatic carbocycles. The van der Waals surface area contributed by atoms with E-state index in [-0.39, 0.29) is 24.5 Å². The van der Waals surface area contributed by atoms with Gasteiger partial charge in [0.1, 0.15) is 5.70 Å². The highest BCUT2D eigenvalue weighted by atomic mass is 16.3. The number of nitrogens with zero attached hydrogens (tertiary/aromatic N) is 3. The van der Waals surface area contributed by atoms with Gasteiger partial charge in [0.25, 0.3) is 11.8 Å². The summed E-state index contributed by atoms with van der Waals surface area (Å²) in [7, 11) is 0. The third-order valence-electron chi connectivity index (χ3n) is 6.98. The van der Waals surface area contributed by atoms with Crippen LogP contribution in [0.25, 0.3) is 5.57 Å². The minimum absolute atomic E-state index is 0.00827. The molecule has 0 atom stereocenters. The molecule has 1 saturated carbocycles. The number of benzene rings is 1. The van der Waals surface area contributed by atoms with E-state index in [1.165, 1.54) is 19.3 Å². The number of β-amino-alcohol motifs (C(OH)–C–C–N with tert-alkyl or cyclic N) is 1. The van der Waals surface area contributed by atoms with Crippen LogP contribution < -0.4 is 0 Å². The molecule has 1 aromatic carbocycles. The van der Waals surface area contributed by atoms with E-state index < -0.39 is 0 Å². The zero-order chi connectivity index (χ0) is 21.8. The average molecular weight is 426 g/mol. The van der Waals surface area contributed by atoms with Gasteiger partial charge in [0.05, 0.1) is 12.2 Å². The number of aliphatic hydroxyl groups is 1. The number of imide groups is 1. The predicted molar refractivity (Wildman–Crippen MR) is 121 cm³/mol. The first-order valence-electron chi connectivity index (χ1n) is 11.9. The molecule has 4 rings (SSSR count). The number of carbonyl (C=O) groups excluding carboxylic acids is 2. The highest BCUT2D eigenvalue weighted by Crippen LogP contribution is 2.36. The topological polar surface area (TPSA) is 64.1 Å². The van der Waals surface area contributed by atoms with Crippen LogP contribution in [-0.2, 0) is 9.59 Å². The summed E-state index contributed by atoms with van der Waals surface area (Å²) in [6.45, 7) is 5.79. The number of piperazine rings is 1. The van der Waals surface area contributed by atoms with Crippen molar-refractivity contribution in [1.82, 2.24) is 14.7 Å². The Labute approximate surface area is 185 Å². The second-order valence-corrected chi connectivity index (χ2v) is 9.12. The highest BCUT2D eigenvalue weighted by Gasteiger charge is 2.44. The van der Waals surface area contributed by atoms with Gasteiger partial charge in [-0.05, 0) is 25.3 Å². The second kappa shape index (κ2) is 9.96. The van der Waals surface area contributed by atoms with E-state index in [2.05, 4.69) is 9.80 Å². The zero-order valence-corrected chi connectivity index (χ0v) is 18.7. The number of hydrogen-bond donors (Lipinski definition) is 1. The summed E-state index contributed by atoms with van der Waals surface area (Å²) in [6.07, 6.45) is 7.61. The number of hydrogen-bond acceptors (Lipinski definition) is 5. The lowest BCUT2D eigenvalue weighted by atomic mass is 9.95. The van der Waals surface area contributed by atoms with Crippen LogP contribution in [-0.4, -0.2) is 77.0 Å². The van der Waals surface area contributed by atoms with Gasteiger partial charge in [0, 0.05) is 38.8 Å². The largest absolute Gasteiger partial charge is 0.395 e. The molecule has 1 aromatic rings. The molecule has 2 heterocycles. The number of rotatable bonds is 5. The highest BCUT2D eigenvalue weighted by molar-refractivity contribution is 6.35. The van der Waals surface area contributed by atoms with Crippen molar-refractivity contribution in [2.45, 2.75) is 57.9 Å². The average Bonchev–Trinajstić information content (AvgIpc) is 3.00. The standard InChI is InChI=1S/C25H35N3O3/c1-19-9-11-20(12-10-19)22-23(27-15-13-26(14-16-27)17-18-29)25(31)28(24(22)30)21-7-5-3-2-4-6-8-21/h9-12,21,29H,2-8,13-18H2,1H3. The van der Waals surface area contributed by atoms with Gasteiger partial charge >= 0.3 is 0 Å². The molecule has 0 aromatic heterocycles. The Kier molecular flexibility index (Phi) is 7.08. The molecular formula is C25H35N3O3. The minimum Gasteiger partial charge on any atom is -0.395 e. The normalized spacial score (nSPS) is 22.3. The van der Waals surface area contributed by atoms with E-state index >= 15 is 0 Å². The van der Waals surface area contributed by atoms with Gasteiger partial charge in [-0.3, -0.25) is 19.4 Å². The van der Waals surface area contributed by atoms with Gasteiger partial charge in [-0.2, -0.15) is 0 Å². The first-order chi connectivity index (χ1) is 15.1. The maximum absolute atomic E-state index is 13.7. The fourth-order valence-electron chi connectivity index (χ4n) is 5.17. The third-order valence-corrected chi connectivity index (χ3v) is 6.98. The van der Waals surface area contributed by atoms with Gasteiger partial charge in [-0.1, -0.05) is 61.9 Å². The van der Waals surface area contributed by atoms with Crippen molar-refractivity contribution in [3.05, 3.63) is 41.1 Å². The van der Waals surface area contributed by atoms with Crippen LogP contribution in [0.2, 0.25) is 0 Å². The van der Waals surface area contributed by atoms with E-state index in [1.807, 2.05) is 31.2 Å². The second-order valence-electron chi connectivity index (χ2n) is 9.12. The summed E-state index contributed by atoms with van der Waals surface area (Å²) >= 11 is 0. The molecule has 2 fully saturated rings. The Morgan fingerprint density at radius 1 is 0.871 bits per heavy atom. The molecule has 6 heteroatoms. The number of carbonyl (C=O) groups is 2. The molecule has 3 aliphatic rings. The summed E-state index contributed by atoms with van der Waals surface area (Å²) in [4.78, 5) is 33.3. The van der Waals surface area contributed by atoms with Crippen molar-refractivity contribution >= 4 is 17.4 Å². The summed E-state index contributed by atoms with van der Waals surface area (Å²) in [5, 5.41) is 9.24. The first-order valence-corrected chi connectivity index (χ1v) is 11.9. The van der Waals surface area contributed by atoms with Crippen molar-refractivity contribution in [3.63, 3.8) is 0 Å². The Morgan fingerprint density at radius 2 is 1.48 bits per heavy atom. The van der Waals surface area contributed by atoms with Crippen LogP contribution in [0, 0.1) is 6.92 Å². The van der Waals surface area contributed by atoms with Crippen LogP contribution in [0.1, 0.15) is 56.1 Å². The van der Waals surface area contributed by atoms with Gasteiger partial charge in [0.15, 0.2) is 0 Å². The third kappa shape index (κ3) is 4.70. The monoisotopic (exact) mass is 425 g/mol. The molecule has 0 radical (unpaired) electrons. The van der Waals surface area contributed by atoms with Gasteiger partial charge < -0.3 is 10.0 Å². The molecule has 0 unspecified atom stereocenters. The predicted octanol–water partition coefficient (Wildman–Crippen LogP) is 2.80. The molecule has 2 amide bonds. The SMILES string of the molecule is Cc1ccc(C2=C(N3CCN(CCO)CC3)C(=O)N(C3CCCCCCC3)C2=O)cc1. The van der Waals surface area contributed by atoms with Crippen LogP contribution in [0.5, 0.6) is 0 Å². The minimum atomic E-state index is -0.118. The number of aryl methyl sites for hydroxylation is 1. The summed E-state index contributed by atoms with van der Waals surface area (Å²) in [5.74, 6) is -0.228. The number of amides is 2. The smallest absolute Gasteiger partial charge is 0.278 e. The molecule has 2 aliphatic heterocycles. The Hall–Kier alpha value is -2.18. The molecule has 31 heavy (non-hydrogen) atoms. The van der Waals surface area contributed by atoms with E-state index in [9.17, 15) is 14.7 Å². The first kappa shape index (κ1) is 22.0. The molecule has 1 saturated heterocycles. The zero-order valence-electron chi connectivity index (χ0n) is 18.7. The van der Waals surface area contributed by atoms with Crippen LogP contribution in [0.4, 0.5) is 0 Å². The Morgan fingerprint density at radius 3 is 2.10 bits per heavy atom. The summed E-state index contributed by atoms with van der Waals surface area (Å²) in [5.41, 5.74) is 3.13. The molecular weight excluding hydrogens is 390 g/mol. The van der Waals surface area contributed by atoms with Crippen molar-refractivity contribution in [3.8, 4) is 0 Å². The van der Waals surface area contributed by atoms with Gasteiger partial charge in [0.2, 0.25) is 0 Å². The lowest BCUT2D eigenvalue weighted by Gasteiger charge is -2.36. The molecule has 168 valence electrons. The molecule has 0 bridgehead atoms.